The molecule has 102 valence electrons. The molecule has 0 fully saturated rings. The zero-order valence-corrected chi connectivity index (χ0v) is 11.5. The molecule has 1 N–H and O–H groups in total. The lowest BCUT2D eigenvalue weighted by molar-refractivity contribution is 0.736. The van der Waals surface area contributed by atoms with E-state index in [1.165, 1.54) is 0 Å². The third-order valence-corrected chi connectivity index (χ3v) is 3.54. The van der Waals surface area contributed by atoms with Gasteiger partial charge in [-0.2, -0.15) is 0 Å². The van der Waals surface area contributed by atoms with Crippen molar-refractivity contribution in [2.75, 3.05) is 0 Å². The summed E-state index contributed by atoms with van der Waals surface area (Å²) < 4.78 is 1.77. The van der Waals surface area contributed by atoms with Gasteiger partial charge in [-0.3, -0.25) is 0 Å². The third-order valence-electron chi connectivity index (χ3n) is 3.54. The van der Waals surface area contributed by atoms with Gasteiger partial charge >= 0.3 is 0 Å². The first-order valence-electron chi connectivity index (χ1n) is 6.71. The predicted molar refractivity (Wildman–Crippen MR) is 81.5 cm³/mol. The fraction of sp³-hybridized carbons (Fsp3) is 0.0625. The molecule has 0 saturated heterocycles. The number of aryl methyl sites for hydroxylation is 1. The molecular formula is C16H13N5. The SMILES string of the molecule is Cn1nnc2ccc(-c3cnc(-c4ccccc4)[nH]3)cc21. The maximum Gasteiger partial charge on any atom is 0.137 e. The number of aromatic amines is 1. The molecule has 0 amide bonds. The summed E-state index contributed by atoms with van der Waals surface area (Å²) in [6.45, 7) is 0. The molecule has 21 heavy (non-hydrogen) atoms. The van der Waals surface area contributed by atoms with E-state index in [0.29, 0.717) is 0 Å². The Morgan fingerprint density at radius 1 is 1.00 bits per heavy atom. The summed E-state index contributed by atoms with van der Waals surface area (Å²) in [7, 11) is 1.89. The molecule has 0 aliphatic carbocycles. The smallest absolute Gasteiger partial charge is 0.137 e. The molecule has 0 radical (unpaired) electrons. The minimum atomic E-state index is 0.869. The van der Waals surface area contributed by atoms with Gasteiger partial charge in [0.1, 0.15) is 11.3 Å². The number of nitrogens with zero attached hydrogens (tertiary/aromatic N) is 4. The second-order valence-electron chi connectivity index (χ2n) is 4.93. The van der Waals surface area contributed by atoms with Crippen LogP contribution < -0.4 is 0 Å². The lowest BCUT2D eigenvalue weighted by Gasteiger charge is -1.99. The van der Waals surface area contributed by atoms with Gasteiger partial charge in [-0.15, -0.1) is 5.10 Å². The molecule has 0 aliphatic rings. The van der Waals surface area contributed by atoms with E-state index in [1.807, 2.05) is 55.7 Å². The molecule has 0 unspecified atom stereocenters. The van der Waals surface area contributed by atoms with Crippen molar-refractivity contribution in [3.63, 3.8) is 0 Å². The number of rotatable bonds is 2. The highest BCUT2D eigenvalue weighted by molar-refractivity contribution is 5.80. The number of fused-ring (bicyclic) bond motifs is 1. The Balaban J connectivity index is 1.79. The van der Waals surface area contributed by atoms with Crippen molar-refractivity contribution in [3.05, 3.63) is 54.7 Å². The van der Waals surface area contributed by atoms with Gasteiger partial charge in [-0.1, -0.05) is 41.6 Å². The molecule has 0 aliphatic heterocycles. The van der Waals surface area contributed by atoms with Crippen LogP contribution in [0.3, 0.4) is 0 Å². The van der Waals surface area contributed by atoms with Gasteiger partial charge in [0.15, 0.2) is 0 Å². The maximum absolute atomic E-state index is 4.46. The molecule has 2 aromatic carbocycles. The normalized spacial score (nSPS) is 11.1. The van der Waals surface area contributed by atoms with Crippen LogP contribution in [0, 0.1) is 0 Å². The van der Waals surface area contributed by atoms with Crippen LogP contribution in [0.25, 0.3) is 33.7 Å². The van der Waals surface area contributed by atoms with Crippen molar-refractivity contribution < 1.29 is 0 Å². The Hall–Kier alpha value is -2.95. The molecule has 2 heterocycles. The summed E-state index contributed by atoms with van der Waals surface area (Å²) in [5.74, 6) is 0.869. The van der Waals surface area contributed by atoms with E-state index < -0.39 is 0 Å². The van der Waals surface area contributed by atoms with E-state index >= 15 is 0 Å². The highest BCUT2D eigenvalue weighted by Crippen LogP contribution is 2.24. The number of nitrogens with one attached hydrogen (secondary N) is 1. The van der Waals surface area contributed by atoms with Crippen molar-refractivity contribution in [1.29, 1.82) is 0 Å². The Morgan fingerprint density at radius 3 is 2.71 bits per heavy atom. The Bertz CT molecular complexity index is 905. The predicted octanol–water partition coefficient (Wildman–Crippen LogP) is 3.03. The second kappa shape index (κ2) is 4.56. The lowest BCUT2D eigenvalue weighted by Crippen LogP contribution is -1.89. The molecule has 4 rings (SSSR count). The van der Waals surface area contributed by atoms with Gasteiger partial charge in [-0.25, -0.2) is 9.67 Å². The largest absolute Gasteiger partial charge is 0.338 e. The van der Waals surface area contributed by atoms with Crippen LogP contribution in [0.2, 0.25) is 0 Å². The first kappa shape index (κ1) is 11.8. The van der Waals surface area contributed by atoms with E-state index in [1.54, 1.807) is 4.68 Å². The number of H-pyrrole nitrogens is 1. The minimum absolute atomic E-state index is 0.869. The summed E-state index contributed by atoms with van der Waals surface area (Å²) in [5.41, 5.74) is 5.03. The van der Waals surface area contributed by atoms with Crippen molar-refractivity contribution >= 4 is 11.0 Å². The third kappa shape index (κ3) is 1.99. The van der Waals surface area contributed by atoms with E-state index in [4.69, 9.17) is 0 Å². The summed E-state index contributed by atoms with van der Waals surface area (Å²) in [6, 6.07) is 16.2. The molecule has 4 aromatic rings. The fourth-order valence-corrected chi connectivity index (χ4v) is 2.41. The summed E-state index contributed by atoms with van der Waals surface area (Å²) in [4.78, 5) is 7.82. The molecule has 0 spiro atoms. The quantitative estimate of drug-likeness (QED) is 0.611. The Kier molecular flexibility index (Phi) is 2.57. The number of hydrogen-bond acceptors (Lipinski definition) is 3. The first-order valence-corrected chi connectivity index (χ1v) is 6.71. The number of imidazole rings is 1. The fourth-order valence-electron chi connectivity index (χ4n) is 2.41. The average Bonchev–Trinajstić information content (AvgIpc) is 3.16. The van der Waals surface area contributed by atoms with E-state index in [0.717, 1.165) is 33.7 Å². The van der Waals surface area contributed by atoms with Gasteiger partial charge in [-0.05, 0) is 12.1 Å². The first-order chi connectivity index (χ1) is 10.3. The topological polar surface area (TPSA) is 59.4 Å². The summed E-state index contributed by atoms with van der Waals surface area (Å²) in [6.07, 6.45) is 1.85. The molecule has 0 bridgehead atoms. The highest BCUT2D eigenvalue weighted by Gasteiger charge is 2.08. The van der Waals surface area contributed by atoms with Crippen LogP contribution in [0.1, 0.15) is 0 Å². The van der Waals surface area contributed by atoms with Crippen LogP contribution in [0.4, 0.5) is 0 Å². The van der Waals surface area contributed by atoms with Gasteiger partial charge in [0, 0.05) is 18.2 Å². The molecule has 5 nitrogen and oxygen atoms in total. The van der Waals surface area contributed by atoms with E-state index in [2.05, 4.69) is 26.3 Å². The minimum Gasteiger partial charge on any atom is -0.338 e. The molecule has 2 aromatic heterocycles. The lowest BCUT2D eigenvalue weighted by atomic mass is 10.1. The monoisotopic (exact) mass is 275 g/mol. The number of aromatic nitrogens is 5. The van der Waals surface area contributed by atoms with E-state index in [9.17, 15) is 0 Å². The average molecular weight is 275 g/mol. The number of hydrogen-bond donors (Lipinski definition) is 1. The second-order valence-corrected chi connectivity index (χ2v) is 4.93. The van der Waals surface area contributed by atoms with Crippen molar-refractivity contribution in [2.45, 2.75) is 0 Å². The summed E-state index contributed by atoms with van der Waals surface area (Å²) in [5, 5.41) is 8.12. The molecule has 0 saturated carbocycles. The zero-order valence-electron chi connectivity index (χ0n) is 11.5. The van der Waals surface area contributed by atoms with Gasteiger partial charge in [0.2, 0.25) is 0 Å². The van der Waals surface area contributed by atoms with Gasteiger partial charge < -0.3 is 4.98 Å². The number of benzene rings is 2. The molecule has 0 atom stereocenters. The summed E-state index contributed by atoms with van der Waals surface area (Å²) >= 11 is 0. The van der Waals surface area contributed by atoms with Crippen LogP contribution >= 0.6 is 0 Å². The Labute approximate surface area is 121 Å². The van der Waals surface area contributed by atoms with Crippen LogP contribution in [0.15, 0.2) is 54.7 Å². The Morgan fingerprint density at radius 2 is 1.86 bits per heavy atom. The molecular weight excluding hydrogens is 262 g/mol. The van der Waals surface area contributed by atoms with Gasteiger partial charge in [0.25, 0.3) is 0 Å². The van der Waals surface area contributed by atoms with Crippen LogP contribution in [-0.2, 0) is 7.05 Å². The maximum atomic E-state index is 4.46. The van der Waals surface area contributed by atoms with E-state index in [-0.39, 0.29) is 0 Å². The van der Waals surface area contributed by atoms with Crippen LogP contribution in [0.5, 0.6) is 0 Å². The van der Waals surface area contributed by atoms with Gasteiger partial charge in [0.05, 0.1) is 17.4 Å². The van der Waals surface area contributed by atoms with Crippen molar-refractivity contribution in [1.82, 2.24) is 25.0 Å². The van der Waals surface area contributed by atoms with Crippen LogP contribution in [-0.4, -0.2) is 25.0 Å². The standard InChI is InChI=1S/C16H13N5/c1-21-15-9-12(7-8-13(15)19-20-21)14-10-17-16(18-14)11-5-3-2-4-6-11/h2-10H,1H3,(H,17,18). The van der Waals surface area contributed by atoms with Crippen molar-refractivity contribution in [2.24, 2.45) is 7.05 Å². The van der Waals surface area contributed by atoms with Crippen molar-refractivity contribution in [3.8, 4) is 22.6 Å². The zero-order chi connectivity index (χ0) is 14.2. The molecule has 5 heteroatoms. The highest BCUT2D eigenvalue weighted by atomic mass is 15.4.